The van der Waals surface area contributed by atoms with Crippen molar-refractivity contribution in [3.05, 3.63) is 11.1 Å². The molecular weight excluding hydrogens is 280 g/mol. The van der Waals surface area contributed by atoms with Crippen LogP contribution in [0.15, 0.2) is 11.1 Å². The van der Waals surface area contributed by atoms with E-state index >= 15 is 0 Å². The molecule has 0 radical (unpaired) electrons. The Morgan fingerprint density at radius 3 is 1.59 bits per heavy atom. The summed E-state index contributed by atoms with van der Waals surface area (Å²) in [5.41, 5.74) is 1.67. The minimum atomic E-state index is -0.294. The molecule has 0 aromatic carbocycles. The van der Waals surface area contributed by atoms with Gasteiger partial charge in [-0.25, -0.2) is 9.59 Å². The molecule has 0 amide bonds. The van der Waals surface area contributed by atoms with Crippen LogP contribution in [0.3, 0.4) is 0 Å². The minimum absolute atomic E-state index is 0.294. The molecule has 0 aromatic heterocycles. The van der Waals surface area contributed by atoms with E-state index in [9.17, 15) is 9.59 Å². The minimum Gasteiger partial charge on any atom is -0.386 e. The maximum absolute atomic E-state index is 12.3. The van der Waals surface area contributed by atoms with E-state index in [1.54, 1.807) is 0 Å². The predicted octanol–water partition coefficient (Wildman–Crippen LogP) is 0.873. The first-order chi connectivity index (χ1) is 10.8. The van der Waals surface area contributed by atoms with Crippen LogP contribution in [0.1, 0.15) is 0 Å². The molecule has 112 valence electrons. The summed E-state index contributed by atoms with van der Waals surface area (Å²) in [4.78, 5) is 24.6. The zero-order valence-electron chi connectivity index (χ0n) is 12.0. The number of cyclic esters (lactones) is 2. The van der Waals surface area contributed by atoms with Gasteiger partial charge < -0.3 is 9.47 Å². The lowest BCUT2D eigenvalue weighted by Gasteiger charge is -2.59. The summed E-state index contributed by atoms with van der Waals surface area (Å²) in [7, 11) is 0. The van der Waals surface area contributed by atoms with E-state index in [0.29, 0.717) is 35.5 Å². The number of rotatable bonds is 0. The fourth-order valence-electron chi connectivity index (χ4n) is 9.70. The molecule has 4 heteroatoms. The first-order valence-corrected chi connectivity index (χ1v) is 8.87. The standard InChI is InChI=1S/C18H16O4/c19-17-15-13-9-5-3-1-21-2-4(3)6-8-7(5)11(13)12(8)14(10(6)9)16(15)18(20)22-17/h3-14H,1-2H2/t3-,4+,5+,6-,7+,8-,9-,10+,11+,12-,13+,14-. The monoisotopic (exact) mass is 296 g/mol. The number of carbonyl (C=O) groups is 2. The molecule has 2 aliphatic heterocycles. The molecule has 9 rings (SSSR count). The van der Waals surface area contributed by atoms with Crippen molar-refractivity contribution >= 4 is 11.9 Å². The Morgan fingerprint density at radius 1 is 0.636 bits per heavy atom. The first kappa shape index (κ1) is 10.6. The Labute approximate surface area is 127 Å². The lowest BCUT2D eigenvalue weighted by atomic mass is 9.44. The number of hydrogen-bond donors (Lipinski definition) is 0. The molecule has 9 aliphatic rings. The maximum atomic E-state index is 12.3. The highest BCUT2D eigenvalue weighted by Crippen LogP contribution is 2.89. The van der Waals surface area contributed by atoms with Gasteiger partial charge >= 0.3 is 11.9 Å². The molecule has 7 aliphatic carbocycles. The van der Waals surface area contributed by atoms with Crippen LogP contribution in [0.5, 0.6) is 0 Å². The molecule has 6 fully saturated rings. The van der Waals surface area contributed by atoms with Gasteiger partial charge in [-0.3, -0.25) is 0 Å². The largest absolute Gasteiger partial charge is 0.386 e. The van der Waals surface area contributed by atoms with Crippen LogP contribution < -0.4 is 0 Å². The van der Waals surface area contributed by atoms with Gasteiger partial charge in [-0.05, 0) is 71.0 Å². The summed E-state index contributed by atoms with van der Waals surface area (Å²) in [5, 5.41) is 0. The smallest absolute Gasteiger partial charge is 0.342 e. The molecule has 4 bridgehead atoms. The summed E-state index contributed by atoms with van der Waals surface area (Å²) in [6.07, 6.45) is 0. The van der Waals surface area contributed by atoms with Gasteiger partial charge in [0, 0.05) is 0 Å². The van der Waals surface area contributed by atoms with Gasteiger partial charge in [-0.1, -0.05) is 0 Å². The molecule has 0 unspecified atom stereocenters. The highest BCUT2D eigenvalue weighted by atomic mass is 16.6. The Hall–Kier alpha value is -1.16. The van der Waals surface area contributed by atoms with Gasteiger partial charge in [0.25, 0.3) is 0 Å². The van der Waals surface area contributed by atoms with E-state index in [4.69, 9.17) is 9.47 Å². The van der Waals surface area contributed by atoms with Crippen LogP contribution in [0.4, 0.5) is 0 Å². The second-order valence-corrected chi connectivity index (χ2v) is 9.04. The molecule has 2 heterocycles. The molecule has 5 saturated carbocycles. The van der Waals surface area contributed by atoms with Crippen LogP contribution in [0.25, 0.3) is 0 Å². The number of esters is 2. The Kier molecular flexibility index (Phi) is 1.31. The molecule has 0 N–H and O–H groups in total. The zero-order chi connectivity index (χ0) is 14.1. The molecular formula is C18H16O4. The van der Waals surface area contributed by atoms with E-state index in [1.165, 1.54) is 0 Å². The van der Waals surface area contributed by atoms with Crippen molar-refractivity contribution in [2.45, 2.75) is 0 Å². The normalized spacial score (nSPS) is 69.6. The Balaban J connectivity index is 1.45. The van der Waals surface area contributed by atoms with Crippen LogP contribution in [-0.2, 0) is 19.1 Å². The molecule has 0 spiro atoms. The van der Waals surface area contributed by atoms with Gasteiger partial charge in [0.15, 0.2) is 0 Å². The van der Waals surface area contributed by atoms with Crippen molar-refractivity contribution in [3.63, 3.8) is 0 Å². The second kappa shape index (κ2) is 2.72. The highest BCUT2D eigenvalue weighted by Gasteiger charge is 2.87. The summed E-state index contributed by atoms with van der Waals surface area (Å²) < 4.78 is 10.9. The van der Waals surface area contributed by atoms with Gasteiger partial charge in [-0.15, -0.1) is 0 Å². The van der Waals surface area contributed by atoms with Crippen LogP contribution >= 0.6 is 0 Å². The Morgan fingerprint density at radius 2 is 1.09 bits per heavy atom. The lowest BCUT2D eigenvalue weighted by Crippen LogP contribution is -2.57. The predicted molar refractivity (Wildman–Crippen MR) is 70.8 cm³/mol. The van der Waals surface area contributed by atoms with Crippen molar-refractivity contribution in [1.82, 2.24) is 0 Å². The van der Waals surface area contributed by atoms with Gasteiger partial charge in [0.1, 0.15) is 0 Å². The van der Waals surface area contributed by atoms with E-state index in [2.05, 4.69) is 0 Å². The molecule has 12 atom stereocenters. The van der Waals surface area contributed by atoms with Crippen molar-refractivity contribution in [3.8, 4) is 0 Å². The Bertz CT molecular complexity index is 692. The van der Waals surface area contributed by atoms with Crippen molar-refractivity contribution in [2.24, 2.45) is 71.0 Å². The average Bonchev–Trinajstić information content (AvgIpc) is 3.15. The van der Waals surface area contributed by atoms with E-state index in [0.717, 1.165) is 59.9 Å². The van der Waals surface area contributed by atoms with Crippen LogP contribution in [0.2, 0.25) is 0 Å². The molecule has 0 aromatic rings. The third kappa shape index (κ3) is 0.696. The molecule has 4 nitrogen and oxygen atoms in total. The van der Waals surface area contributed by atoms with Gasteiger partial charge in [0.2, 0.25) is 0 Å². The van der Waals surface area contributed by atoms with Crippen molar-refractivity contribution in [2.75, 3.05) is 13.2 Å². The summed E-state index contributed by atoms with van der Waals surface area (Å²) in [6, 6.07) is 0. The maximum Gasteiger partial charge on any atom is 0.342 e. The van der Waals surface area contributed by atoms with Gasteiger partial charge in [0.05, 0.1) is 24.4 Å². The molecule has 22 heavy (non-hydrogen) atoms. The second-order valence-electron chi connectivity index (χ2n) is 9.04. The first-order valence-electron chi connectivity index (χ1n) is 8.87. The average molecular weight is 296 g/mol. The van der Waals surface area contributed by atoms with E-state index < -0.39 is 0 Å². The summed E-state index contributed by atoms with van der Waals surface area (Å²) in [5.74, 6) is 7.61. The lowest BCUT2D eigenvalue weighted by molar-refractivity contribution is -0.151. The third-order valence-corrected chi connectivity index (χ3v) is 9.40. The highest BCUT2D eigenvalue weighted by molar-refractivity contribution is 6.14. The van der Waals surface area contributed by atoms with Crippen molar-refractivity contribution < 1.29 is 19.1 Å². The summed E-state index contributed by atoms with van der Waals surface area (Å²) >= 11 is 0. The SMILES string of the molecule is O=C1OC(=O)C2=C1[C@@H]1[C@H]3[C@@H]4[C@H]5COC[C@H]5[C@@H]5[C@H]3[C@H]2[C@@H]2[C@H]1[C@H]4[C@H]52. The van der Waals surface area contributed by atoms with Crippen LogP contribution in [-0.4, -0.2) is 25.2 Å². The van der Waals surface area contributed by atoms with Crippen molar-refractivity contribution in [1.29, 1.82) is 0 Å². The zero-order valence-corrected chi connectivity index (χ0v) is 12.0. The fourth-order valence-corrected chi connectivity index (χ4v) is 9.70. The number of carbonyl (C=O) groups excluding carboxylic acids is 2. The number of hydrogen-bond acceptors (Lipinski definition) is 4. The topological polar surface area (TPSA) is 52.6 Å². The summed E-state index contributed by atoms with van der Waals surface area (Å²) in [6.45, 7) is 1.89. The fraction of sp³-hybridized carbons (Fsp3) is 0.778. The van der Waals surface area contributed by atoms with E-state index in [1.807, 2.05) is 0 Å². The third-order valence-electron chi connectivity index (χ3n) is 9.40. The number of ether oxygens (including phenoxy) is 2. The quantitative estimate of drug-likeness (QED) is 0.492. The molecule has 1 saturated heterocycles. The van der Waals surface area contributed by atoms with E-state index in [-0.39, 0.29) is 11.9 Å². The van der Waals surface area contributed by atoms with Crippen LogP contribution in [0, 0.1) is 71.0 Å². The van der Waals surface area contributed by atoms with Gasteiger partial charge in [-0.2, -0.15) is 0 Å².